The molecule has 3 aromatic carbocycles. The quantitative estimate of drug-likeness (QED) is 0.198. The fraction of sp³-hybridized carbons (Fsp3) is 0.231. The normalized spacial score (nSPS) is 17.2. The van der Waals surface area contributed by atoms with E-state index in [2.05, 4.69) is 15.0 Å². The number of rotatable bonds is 10. The molecule has 0 fully saturated rings. The van der Waals surface area contributed by atoms with Crippen molar-refractivity contribution >= 4 is 43.3 Å². The van der Waals surface area contributed by atoms with Gasteiger partial charge in [0.2, 0.25) is 10.0 Å². The SMILES string of the molecule is CCOc1cc(C2NC(=O)N=C(c3ccc(NS(C)(=O)=O)cc3)C2c2ccccc2)cc([N+](=O)[O-])c1OS(C)(=O)=O. The third-order valence-corrected chi connectivity index (χ3v) is 7.00. The van der Waals surface area contributed by atoms with Gasteiger partial charge in [0, 0.05) is 11.8 Å². The first-order valence-electron chi connectivity index (χ1n) is 12.1. The number of benzene rings is 3. The van der Waals surface area contributed by atoms with Crippen LogP contribution in [0.3, 0.4) is 0 Å². The molecular formula is C26H26N4O9S2. The molecule has 1 aliphatic heterocycles. The molecule has 41 heavy (non-hydrogen) atoms. The number of ether oxygens (including phenoxy) is 1. The molecule has 2 N–H and O–H groups in total. The lowest BCUT2D eigenvalue weighted by Crippen LogP contribution is -2.40. The van der Waals surface area contributed by atoms with Crippen LogP contribution in [0.1, 0.15) is 35.6 Å². The number of nitro groups is 1. The summed E-state index contributed by atoms with van der Waals surface area (Å²) in [5.74, 6) is -1.44. The van der Waals surface area contributed by atoms with Crippen LogP contribution in [0.2, 0.25) is 0 Å². The van der Waals surface area contributed by atoms with Crippen LogP contribution in [-0.4, -0.2) is 52.6 Å². The summed E-state index contributed by atoms with van der Waals surface area (Å²) in [6.07, 6.45) is 1.78. The highest BCUT2D eigenvalue weighted by molar-refractivity contribution is 7.92. The first kappa shape index (κ1) is 29.5. The van der Waals surface area contributed by atoms with Crippen LogP contribution in [0, 0.1) is 10.1 Å². The van der Waals surface area contributed by atoms with E-state index < -0.39 is 54.5 Å². The molecule has 2 amide bonds. The van der Waals surface area contributed by atoms with E-state index in [0.717, 1.165) is 18.6 Å². The molecule has 1 heterocycles. The molecule has 13 nitrogen and oxygen atoms in total. The van der Waals surface area contributed by atoms with Gasteiger partial charge in [0.05, 0.1) is 41.7 Å². The Morgan fingerprint density at radius 3 is 2.22 bits per heavy atom. The summed E-state index contributed by atoms with van der Waals surface area (Å²) in [6.45, 7) is 1.66. The van der Waals surface area contributed by atoms with E-state index in [-0.39, 0.29) is 17.9 Å². The van der Waals surface area contributed by atoms with Crippen molar-refractivity contribution in [3.63, 3.8) is 0 Å². The molecule has 15 heteroatoms. The summed E-state index contributed by atoms with van der Waals surface area (Å²) in [5, 5.41) is 14.8. The molecule has 2 unspecified atom stereocenters. The number of hydrogen-bond donors (Lipinski definition) is 2. The van der Waals surface area contributed by atoms with Gasteiger partial charge in [-0.2, -0.15) is 13.4 Å². The van der Waals surface area contributed by atoms with Crippen molar-refractivity contribution in [1.29, 1.82) is 0 Å². The van der Waals surface area contributed by atoms with Crippen LogP contribution < -0.4 is 19.0 Å². The van der Waals surface area contributed by atoms with Gasteiger partial charge < -0.3 is 14.2 Å². The van der Waals surface area contributed by atoms with Crippen LogP contribution in [0.15, 0.2) is 71.7 Å². The van der Waals surface area contributed by atoms with Gasteiger partial charge in [0.1, 0.15) is 0 Å². The summed E-state index contributed by atoms with van der Waals surface area (Å²) in [7, 11) is -7.67. The molecule has 216 valence electrons. The van der Waals surface area contributed by atoms with Gasteiger partial charge in [-0.05, 0) is 41.8 Å². The van der Waals surface area contributed by atoms with Gasteiger partial charge in [-0.15, -0.1) is 0 Å². The molecule has 0 bridgehead atoms. The van der Waals surface area contributed by atoms with E-state index in [0.29, 0.717) is 22.5 Å². The smallest absolute Gasteiger partial charge is 0.341 e. The minimum atomic E-state index is -4.15. The topological polar surface area (TPSA) is 183 Å². The number of nitrogens with zero attached hydrogens (tertiary/aromatic N) is 2. The van der Waals surface area contributed by atoms with Crippen LogP contribution in [-0.2, 0) is 20.1 Å². The number of aliphatic imine (C=N–C) groups is 1. The minimum Gasteiger partial charge on any atom is -0.490 e. The van der Waals surface area contributed by atoms with Crippen molar-refractivity contribution in [3.8, 4) is 11.5 Å². The second-order valence-electron chi connectivity index (χ2n) is 9.11. The average Bonchev–Trinajstić information content (AvgIpc) is 2.88. The van der Waals surface area contributed by atoms with E-state index in [4.69, 9.17) is 8.92 Å². The van der Waals surface area contributed by atoms with Crippen molar-refractivity contribution in [2.24, 2.45) is 4.99 Å². The summed E-state index contributed by atoms with van der Waals surface area (Å²) in [5.41, 5.74) is 1.43. The molecule has 1 aliphatic rings. The Hall–Kier alpha value is -4.50. The number of sulfonamides is 1. The van der Waals surface area contributed by atoms with E-state index in [1.807, 2.05) is 12.1 Å². The largest absolute Gasteiger partial charge is 0.490 e. The predicted molar refractivity (Wildman–Crippen MR) is 152 cm³/mol. The Labute approximate surface area is 236 Å². The molecule has 3 aromatic rings. The van der Waals surface area contributed by atoms with Gasteiger partial charge in [0.15, 0.2) is 5.75 Å². The van der Waals surface area contributed by atoms with Crippen LogP contribution in [0.5, 0.6) is 11.5 Å². The predicted octanol–water partition coefficient (Wildman–Crippen LogP) is 3.74. The second-order valence-corrected chi connectivity index (χ2v) is 12.4. The maximum absolute atomic E-state index is 12.9. The molecule has 0 spiro atoms. The maximum Gasteiger partial charge on any atom is 0.341 e. The van der Waals surface area contributed by atoms with Crippen molar-refractivity contribution in [2.75, 3.05) is 23.8 Å². The number of amides is 2. The Balaban J connectivity index is 1.90. The lowest BCUT2D eigenvalue weighted by molar-refractivity contribution is -0.385. The van der Waals surface area contributed by atoms with Gasteiger partial charge in [-0.3, -0.25) is 14.8 Å². The average molecular weight is 603 g/mol. The Morgan fingerprint density at radius 2 is 1.66 bits per heavy atom. The van der Waals surface area contributed by atoms with Gasteiger partial charge in [0.25, 0.3) is 5.75 Å². The standard InChI is InChI=1S/C26H26N4O9S2/c1-4-38-21-15-18(14-20(30(32)33)25(21)39-41(3,36)37)24-22(16-8-6-5-7-9-16)23(27-26(31)28-24)17-10-12-19(13-11-17)29-40(2,34)35/h5-15,22,24,29H,4H2,1-3H3,(H,28,31). The highest BCUT2D eigenvalue weighted by Gasteiger charge is 2.38. The Morgan fingerprint density at radius 1 is 1.00 bits per heavy atom. The van der Waals surface area contributed by atoms with E-state index in [1.165, 1.54) is 18.2 Å². The molecule has 0 saturated carbocycles. The van der Waals surface area contributed by atoms with Crippen molar-refractivity contribution in [2.45, 2.75) is 18.9 Å². The molecule has 4 rings (SSSR count). The Bertz CT molecular complexity index is 1720. The van der Waals surface area contributed by atoms with E-state index in [9.17, 15) is 31.7 Å². The summed E-state index contributed by atoms with van der Waals surface area (Å²) < 4.78 is 59.9. The van der Waals surface area contributed by atoms with Crippen LogP contribution in [0.4, 0.5) is 16.2 Å². The summed E-state index contributed by atoms with van der Waals surface area (Å²) >= 11 is 0. The first-order chi connectivity index (χ1) is 19.3. The fourth-order valence-electron chi connectivity index (χ4n) is 4.46. The summed E-state index contributed by atoms with van der Waals surface area (Å²) in [6, 6.07) is 16.2. The van der Waals surface area contributed by atoms with Crippen LogP contribution in [0.25, 0.3) is 0 Å². The number of nitro benzene ring substituents is 1. The van der Waals surface area contributed by atoms with Gasteiger partial charge in [-0.1, -0.05) is 42.5 Å². The van der Waals surface area contributed by atoms with Gasteiger partial charge in [-0.25, -0.2) is 13.2 Å². The Kier molecular flexibility index (Phi) is 8.30. The second kappa shape index (κ2) is 11.5. The molecule has 0 aliphatic carbocycles. The maximum atomic E-state index is 12.9. The first-order valence-corrected chi connectivity index (χ1v) is 15.8. The highest BCUT2D eigenvalue weighted by atomic mass is 32.2. The number of urea groups is 1. The fourth-order valence-corrected chi connectivity index (χ4v) is 5.49. The lowest BCUT2D eigenvalue weighted by Gasteiger charge is -2.33. The third kappa shape index (κ3) is 7.18. The summed E-state index contributed by atoms with van der Waals surface area (Å²) in [4.78, 5) is 28.4. The molecular weight excluding hydrogens is 576 g/mol. The molecule has 0 aromatic heterocycles. The zero-order chi connectivity index (χ0) is 29.9. The highest BCUT2D eigenvalue weighted by Crippen LogP contribution is 2.45. The van der Waals surface area contributed by atoms with Crippen molar-refractivity contribution in [1.82, 2.24) is 5.32 Å². The molecule has 2 atom stereocenters. The molecule has 0 saturated heterocycles. The van der Waals surface area contributed by atoms with Crippen molar-refractivity contribution < 1.29 is 35.5 Å². The number of nitrogens with one attached hydrogen (secondary N) is 2. The molecule has 0 radical (unpaired) electrons. The lowest BCUT2D eigenvalue weighted by atomic mass is 9.80. The zero-order valence-corrected chi connectivity index (χ0v) is 23.7. The van der Waals surface area contributed by atoms with E-state index in [1.54, 1.807) is 37.3 Å². The number of carbonyl (C=O) groups excluding carboxylic acids is 1. The third-order valence-electron chi connectivity index (χ3n) is 5.92. The number of carbonyl (C=O) groups is 1. The monoisotopic (exact) mass is 602 g/mol. The van der Waals surface area contributed by atoms with Crippen LogP contribution >= 0.6 is 0 Å². The van der Waals surface area contributed by atoms with Gasteiger partial charge >= 0.3 is 21.8 Å². The zero-order valence-electron chi connectivity index (χ0n) is 22.1. The number of anilines is 1. The minimum absolute atomic E-state index is 0.0421. The van der Waals surface area contributed by atoms with Crippen molar-refractivity contribution in [3.05, 3.63) is 93.5 Å². The number of hydrogen-bond acceptors (Lipinski definition) is 9. The van der Waals surface area contributed by atoms with E-state index >= 15 is 0 Å².